The summed E-state index contributed by atoms with van der Waals surface area (Å²) in [5, 5.41) is 14.1. The van der Waals surface area contributed by atoms with E-state index in [1.54, 1.807) is 0 Å². The Balaban J connectivity index is 1.50. The molecule has 7 heteroatoms. The molecule has 5 rings (SSSR count). The molecular weight excluding hydrogens is 393 g/mol. The Hall–Kier alpha value is -2.18. The van der Waals surface area contributed by atoms with Gasteiger partial charge in [-0.25, -0.2) is 9.67 Å². The van der Waals surface area contributed by atoms with E-state index in [4.69, 9.17) is 9.82 Å². The second-order valence-electron chi connectivity index (χ2n) is 9.71. The highest BCUT2D eigenvalue weighted by Gasteiger charge is 2.43. The molecule has 1 N–H and O–H groups in total. The highest BCUT2D eigenvalue weighted by molar-refractivity contribution is 6.11. The average Bonchev–Trinajstić information content (AvgIpc) is 3.39. The molecule has 3 aliphatic rings. The van der Waals surface area contributed by atoms with E-state index in [1.165, 1.54) is 32.1 Å². The summed E-state index contributed by atoms with van der Waals surface area (Å²) >= 11 is 0. The zero-order valence-corrected chi connectivity index (χ0v) is 18.8. The van der Waals surface area contributed by atoms with Gasteiger partial charge in [-0.15, -0.1) is 0 Å². The lowest BCUT2D eigenvalue weighted by Crippen LogP contribution is -2.35. The number of halogens is 1. The van der Waals surface area contributed by atoms with Gasteiger partial charge in [0.2, 0.25) is 0 Å². The molecule has 1 spiro atoms. The molecule has 1 aliphatic heterocycles. The lowest BCUT2D eigenvalue weighted by Gasteiger charge is -2.34. The molecule has 0 radical (unpaired) electrons. The van der Waals surface area contributed by atoms with Crippen LogP contribution in [-0.4, -0.2) is 38.8 Å². The number of oxime groups is 1. The van der Waals surface area contributed by atoms with Crippen molar-refractivity contribution in [3.63, 3.8) is 0 Å². The molecule has 2 saturated carbocycles. The average molecular weight is 428 g/mol. The zero-order chi connectivity index (χ0) is 21.4. The molecule has 0 unspecified atom stereocenters. The number of aromatic nitrogens is 3. The first-order valence-corrected chi connectivity index (χ1v) is 12.1. The maximum atomic E-state index is 13.1. The minimum Gasteiger partial charge on any atom is -0.389 e. The van der Waals surface area contributed by atoms with Crippen molar-refractivity contribution >= 4 is 22.4 Å². The van der Waals surface area contributed by atoms with Gasteiger partial charge in [-0.05, 0) is 58.3 Å². The summed E-state index contributed by atoms with van der Waals surface area (Å²) in [5.74, 6) is 0.182. The van der Waals surface area contributed by atoms with Crippen molar-refractivity contribution in [2.24, 2.45) is 11.1 Å². The van der Waals surface area contributed by atoms with E-state index in [9.17, 15) is 4.39 Å². The molecule has 168 valence electrons. The Morgan fingerprint density at radius 3 is 2.68 bits per heavy atom. The highest BCUT2D eigenvalue weighted by Crippen LogP contribution is 2.43. The number of hydrogen-bond acceptors (Lipinski definition) is 5. The van der Waals surface area contributed by atoms with Crippen LogP contribution in [0.15, 0.2) is 11.4 Å². The summed E-state index contributed by atoms with van der Waals surface area (Å²) in [5.41, 5.74) is 4.81. The largest absolute Gasteiger partial charge is 0.389 e. The predicted molar refractivity (Wildman–Crippen MR) is 121 cm³/mol. The summed E-state index contributed by atoms with van der Waals surface area (Å²) < 4.78 is 15.1. The van der Waals surface area contributed by atoms with Crippen LogP contribution in [0.1, 0.15) is 82.4 Å². The lowest BCUT2D eigenvalue weighted by atomic mass is 9.76. The summed E-state index contributed by atoms with van der Waals surface area (Å²) in [6.07, 6.45) is 12.5. The Morgan fingerprint density at radius 1 is 1.19 bits per heavy atom. The normalized spacial score (nSPS) is 26.9. The summed E-state index contributed by atoms with van der Waals surface area (Å²) in [6, 6.07) is 0.472. The second kappa shape index (κ2) is 8.40. The van der Waals surface area contributed by atoms with E-state index in [0.717, 1.165) is 72.3 Å². The summed E-state index contributed by atoms with van der Waals surface area (Å²) in [6.45, 7) is 4.74. The van der Waals surface area contributed by atoms with E-state index in [-0.39, 0.29) is 18.2 Å². The van der Waals surface area contributed by atoms with Gasteiger partial charge in [-0.1, -0.05) is 24.4 Å². The molecule has 2 fully saturated rings. The molecule has 2 aliphatic carbocycles. The number of aryl methyl sites for hydroxylation is 2. The number of alkyl halides is 1. The minimum atomic E-state index is -0.266. The fourth-order valence-electron chi connectivity index (χ4n) is 5.67. The quantitative estimate of drug-likeness (QED) is 0.682. The van der Waals surface area contributed by atoms with Crippen LogP contribution in [0.5, 0.6) is 0 Å². The maximum Gasteiger partial charge on any atom is 0.160 e. The second-order valence-corrected chi connectivity index (χ2v) is 9.71. The van der Waals surface area contributed by atoms with Gasteiger partial charge in [0.15, 0.2) is 5.65 Å². The third-order valence-corrected chi connectivity index (χ3v) is 7.58. The van der Waals surface area contributed by atoms with Gasteiger partial charge in [-0.2, -0.15) is 5.10 Å². The summed E-state index contributed by atoms with van der Waals surface area (Å²) in [4.78, 5) is 11.0. The van der Waals surface area contributed by atoms with Crippen molar-refractivity contribution in [1.29, 1.82) is 0 Å². The Bertz CT molecular complexity index is 970. The van der Waals surface area contributed by atoms with Crippen LogP contribution in [0.25, 0.3) is 11.0 Å². The van der Waals surface area contributed by atoms with Crippen LogP contribution < -0.4 is 5.32 Å². The van der Waals surface area contributed by atoms with Gasteiger partial charge in [0, 0.05) is 24.6 Å². The molecule has 0 saturated heterocycles. The number of nitrogens with one attached hydrogen (secondary N) is 1. The van der Waals surface area contributed by atoms with E-state index in [2.05, 4.69) is 29.4 Å². The van der Waals surface area contributed by atoms with E-state index < -0.39 is 0 Å². The van der Waals surface area contributed by atoms with Crippen molar-refractivity contribution in [3.8, 4) is 0 Å². The fraction of sp³-hybridized carbons (Fsp3) is 0.708. The molecule has 6 nitrogen and oxygen atoms in total. The first-order valence-electron chi connectivity index (χ1n) is 12.1. The zero-order valence-electron chi connectivity index (χ0n) is 18.8. The van der Waals surface area contributed by atoms with Crippen molar-refractivity contribution < 1.29 is 9.23 Å². The monoisotopic (exact) mass is 427 g/mol. The van der Waals surface area contributed by atoms with Crippen LogP contribution in [0, 0.1) is 12.8 Å². The van der Waals surface area contributed by atoms with Crippen LogP contribution in [0.2, 0.25) is 0 Å². The van der Waals surface area contributed by atoms with Crippen molar-refractivity contribution in [1.82, 2.24) is 14.8 Å². The standard InChI is InChI=1S/C24H34FN5O/c1-3-30-23-19(15-26-30)22(28-18-7-5-4-6-8-18)21(16(2)27-23)20-13-24(31-29-20)11-9-17(14-25)10-12-24/h15,17-18H,3-14H2,1-2H3,(H,27,28)/t17-,24+. The van der Waals surface area contributed by atoms with Crippen LogP contribution >= 0.6 is 0 Å². The van der Waals surface area contributed by atoms with Crippen molar-refractivity contribution in [2.45, 2.75) is 96.2 Å². The first kappa shape index (κ1) is 20.7. The van der Waals surface area contributed by atoms with Gasteiger partial charge >= 0.3 is 0 Å². The van der Waals surface area contributed by atoms with Gasteiger partial charge < -0.3 is 10.2 Å². The maximum absolute atomic E-state index is 13.1. The Kier molecular flexibility index (Phi) is 5.61. The number of fused-ring (bicyclic) bond motifs is 1. The van der Waals surface area contributed by atoms with Crippen LogP contribution in [0.4, 0.5) is 10.1 Å². The third-order valence-electron chi connectivity index (χ3n) is 7.58. The van der Waals surface area contributed by atoms with Crippen molar-refractivity contribution in [3.05, 3.63) is 17.5 Å². The van der Waals surface area contributed by atoms with Crippen molar-refractivity contribution in [2.75, 3.05) is 12.0 Å². The number of nitrogens with zero attached hydrogens (tertiary/aromatic N) is 4. The number of rotatable bonds is 5. The molecule has 0 bridgehead atoms. The molecule has 0 atom stereocenters. The SMILES string of the molecule is CCn1ncc2c(NC3CCCCC3)c(C3=NO[C@]4(CC[C@@H](CF)CC4)C3)c(C)nc21. The van der Waals surface area contributed by atoms with E-state index in [1.807, 2.05) is 10.9 Å². The van der Waals surface area contributed by atoms with E-state index in [0.29, 0.717) is 6.04 Å². The molecule has 2 aromatic rings. The number of pyridine rings is 1. The molecule has 0 aromatic carbocycles. The smallest absolute Gasteiger partial charge is 0.160 e. The molecule has 0 amide bonds. The Labute approximate surface area is 183 Å². The molecule has 2 aromatic heterocycles. The molecule has 31 heavy (non-hydrogen) atoms. The topological polar surface area (TPSA) is 64.3 Å². The van der Waals surface area contributed by atoms with Gasteiger partial charge in [-0.3, -0.25) is 4.39 Å². The molecular formula is C24H34FN5O. The highest BCUT2D eigenvalue weighted by atomic mass is 19.1. The molecule has 3 heterocycles. The summed E-state index contributed by atoms with van der Waals surface area (Å²) in [7, 11) is 0. The van der Waals surface area contributed by atoms with Gasteiger partial charge in [0.25, 0.3) is 0 Å². The number of anilines is 1. The minimum absolute atomic E-state index is 0.182. The third kappa shape index (κ3) is 3.80. The van der Waals surface area contributed by atoms with Crippen LogP contribution in [-0.2, 0) is 11.4 Å². The fourth-order valence-corrected chi connectivity index (χ4v) is 5.67. The van der Waals surface area contributed by atoms with Gasteiger partial charge in [0.1, 0.15) is 5.60 Å². The lowest BCUT2D eigenvalue weighted by molar-refractivity contribution is -0.0557. The predicted octanol–water partition coefficient (Wildman–Crippen LogP) is 5.53. The first-order chi connectivity index (χ1) is 15.1. The number of hydrogen-bond donors (Lipinski definition) is 1. The van der Waals surface area contributed by atoms with E-state index >= 15 is 0 Å². The Morgan fingerprint density at radius 2 is 1.97 bits per heavy atom. The van der Waals surface area contributed by atoms with Crippen LogP contribution in [0.3, 0.4) is 0 Å². The van der Waals surface area contributed by atoms with Gasteiger partial charge in [0.05, 0.1) is 35.4 Å².